The molecule has 0 atom stereocenters. The van der Waals surface area contributed by atoms with E-state index in [1.54, 1.807) is 9.80 Å². The summed E-state index contributed by atoms with van der Waals surface area (Å²) < 4.78 is 5.18. The van der Waals surface area contributed by atoms with Crippen LogP contribution in [0.2, 0.25) is 0 Å². The molecule has 0 unspecified atom stereocenters. The third-order valence-corrected chi connectivity index (χ3v) is 3.37. The first-order valence-electron chi connectivity index (χ1n) is 6.45. The molecule has 2 aliphatic rings. The van der Waals surface area contributed by atoms with E-state index in [-0.39, 0.29) is 11.8 Å². The Morgan fingerprint density at radius 1 is 0.706 bits per heavy atom. The summed E-state index contributed by atoms with van der Waals surface area (Å²) in [7, 11) is 0. The minimum absolute atomic E-state index is 0.325. The van der Waals surface area contributed by atoms with Crippen LogP contribution in [0.4, 0.5) is 0 Å². The van der Waals surface area contributed by atoms with Crippen molar-refractivity contribution in [3.8, 4) is 0 Å². The van der Waals surface area contributed by atoms with Crippen LogP contribution in [0.5, 0.6) is 0 Å². The summed E-state index contributed by atoms with van der Waals surface area (Å²) in [5.41, 5.74) is 0. The maximum Gasteiger partial charge on any atom is 0.312 e. The molecule has 0 N–H and O–H groups in total. The van der Waals surface area contributed by atoms with Gasteiger partial charge in [-0.3, -0.25) is 9.59 Å². The van der Waals surface area contributed by atoms with Crippen molar-refractivity contribution in [3.63, 3.8) is 0 Å². The van der Waals surface area contributed by atoms with Crippen LogP contribution < -0.4 is 0 Å². The van der Waals surface area contributed by atoms with Crippen LogP contribution in [0, 0.1) is 0 Å². The Labute approximate surface area is 102 Å². The minimum Gasteiger partial charge on any atom is -0.378 e. The van der Waals surface area contributed by atoms with Crippen LogP contribution in [-0.2, 0) is 14.3 Å². The fraction of sp³-hybridized carbons (Fsp3) is 0.833. The molecule has 17 heavy (non-hydrogen) atoms. The van der Waals surface area contributed by atoms with Crippen LogP contribution in [0.1, 0.15) is 25.7 Å². The molecule has 0 aromatic heterocycles. The van der Waals surface area contributed by atoms with Crippen molar-refractivity contribution in [2.24, 2.45) is 0 Å². The Morgan fingerprint density at radius 3 is 1.71 bits per heavy atom. The number of carbonyl (C=O) groups excluding carboxylic acids is 2. The second-order valence-corrected chi connectivity index (χ2v) is 4.61. The highest BCUT2D eigenvalue weighted by molar-refractivity contribution is 6.34. The lowest BCUT2D eigenvalue weighted by atomic mass is 10.2. The Hall–Kier alpha value is -1.10. The van der Waals surface area contributed by atoms with Crippen molar-refractivity contribution in [1.82, 2.24) is 9.80 Å². The molecule has 0 aliphatic carbocycles. The van der Waals surface area contributed by atoms with E-state index in [4.69, 9.17) is 4.74 Å². The molecule has 2 saturated heterocycles. The number of morpholine rings is 1. The fourth-order valence-corrected chi connectivity index (χ4v) is 2.31. The van der Waals surface area contributed by atoms with E-state index in [0.29, 0.717) is 26.3 Å². The lowest BCUT2D eigenvalue weighted by Gasteiger charge is -2.28. The molecule has 0 saturated carbocycles. The molecule has 0 radical (unpaired) electrons. The highest BCUT2D eigenvalue weighted by atomic mass is 16.5. The molecular weight excluding hydrogens is 220 g/mol. The van der Waals surface area contributed by atoms with Crippen LogP contribution in [0.25, 0.3) is 0 Å². The molecule has 0 spiro atoms. The number of hydrogen-bond donors (Lipinski definition) is 0. The SMILES string of the molecule is O=C(C(=O)N1CCOCC1)N1CCCCCC1. The molecule has 0 aromatic rings. The van der Waals surface area contributed by atoms with Gasteiger partial charge in [0, 0.05) is 26.2 Å². The summed E-state index contributed by atoms with van der Waals surface area (Å²) in [5, 5.41) is 0. The highest BCUT2D eigenvalue weighted by Gasteiger charge is 2.28. The minimum atomic E-state index is -0.352. The molecule has 0 aromatic carbocycles. The first-order valence-corrected chi connectivity index (χ1v) is 6.45. The van der Waals surface area contributed by atoms with Crippen molar-refractivity contribution in [3.05, 3.63) is 0 Å². The molecule has 96 valence electrons. The molecule has 5 heteroatoms. The predicted molar refractivity (Wildman–Crippen MR) is 62.4 cm³/mol. The summed E-state index contributed by atoms with van der Waals surface area (Å²) in [5.74, 6) is -0.677. The lowest BCUT2D eigenvalue weighted by Crippen LogP contribution is -2.49. The van der Waals surface area contributed by atoms with E-state index in [1.807, 2.05) is 0 Å². The van der Waals surface area contributed by atoms with E-state index < -0.39 is 0 Å². The number of carbonyl (C=O) groups is 2. The van der Waals surface area contributed by atoms with Gasteiger partial charge in [0.2, 0.25) is 0 Å². The number of likely N-dealkylation sites (tertiary alicyclic amines) is 1. The second kappa shape index (κ2) is 6.00. The van der Waals surface area contributed by atoms with Gasteiger partial charge in [-0.1, -0.05) is 12.8 Å². The number of amides is 2. The van der Waals surface area contributed by atoms with Gasteiger partial charge in [-0.05, 0) is 12.8 Å². The quantitative estimate of drug-likeness (QED) is 0.570. The molecule has 2 amide bonds. The predicted octanol–water partition coefficient (Wildman–Crippen LogP) is 0.248. The Bertz CT molecular complexity index is 279. The smallest absolute Gasteiger partial charge is 0.312 e. The lowest BCUT2D eigenvalue weighted by molar-refractivity contribution is -0.154. The van der Waals surface area contributed by atoms with Crippen LogP contribution in [-0.4, -0.2) is 61.0 Å². The van der Waals surface area contributed by atoms with Gasteiger partial charge in [0.15, 0.2) is 0 Å². The van der Waals surface area contributed by atoms with E-state index >= 15 is 0 Å². The summed E-state index contributed by atoms with van der Waals surface area (Å²) in [6, 6.07) is 0. The summed E-state index contributed by atoms with van der Waals surface area (Å²) in [6.07, 6.45) is 4.36. The number of rotatable bonds is 0. The average Bonchev–Trinajstić information content (AvgIpc) is 2.67. The van der Waals surface area contributed by atoms with Crippen molar-refractivity contribution in [2.75, 3.05) is 39.4 Å². The van der Waals surface area contributed by atoms with Crippen molar-refractivity contribution in [2.45, 2.75) is 25.7 Å². The monoisotopic (exact) mass is 240 g/mol. The zero-order chi connectivity index (χ0) is 12.1. The Morgan fingerprint density at radius 2 is 1.18 bits per heavy atom. The van der Waals surface area contributed by atoms with E-state index in [0.717, 1.165) is 38.8 Å². The van der Waals surface area contributed by atoms with Gasteiger partial charge < -0.3 is 14.5 Å². The van der Waals surface area contributed by atoms with E-state index in [2.05, 4.69) is 0 Å². The van der Waals surface area contributed by atoms with Crippen molar-refractivity contribution < 1.29 is 14.3 Å². The van der Waals surface area contributed by atoms with Crippen molar-refractivity contribution in [1.29, 1.82) is 0 Å². The number of hydrogen-bond acceptors (Lipinski definition) is 3. The third-order valence-electron chi connectivity index (χ3n) is 3.37. The largest absolute Gasteiger partial charge is 0.378 e. The Kier molecular flexibility index (Phi) is 4.36. The topological polar surface area (TPSA) is 49.9 Å². The van der Waals surface area contributed by atoms with Gasteiger partial charge >= 0.3 is 11.8 Å². The molecule has 2 rings (SSSR count). The highest BCUT2D eigenvalue weighted by Crippen LogP contribution is 2.11. The zero-order valence-electron chi connectivity index (χ0n) is 10.2. The molecule has 2 aliphatic heterocycles. The first-order chi connectivity index (χ1) is 8.29. The number of nitrogens with zero attached hydrogens (tertiary/aromatic N) is 2. The third kappa shape index (κ3) is 3.19. The zero-order valence-corrected chi connectivity index (χ0v) is 10.2. The van der Waals surface area contributed by atoms with Crippen LogP contribution >= 0.6 is 0 Å². The molecular formula is C12H20N2O3. The molecule has 2 fully saturated rings. The van der Waals surface area contributed by atoms with E-state index in [9.17, 15) is 9.59 Å². The fourth-order valence-electron chi connectivity index (χ4n) is 2.31. The maximum atomic E-state index is 12.0. The Balaban J connectivity index is 1.90. The molecule has 5 nitrogen and oxygen atoms in total. The normalized spacial score (nSPS) is 22.1. The van der Waals surface area contributed by atoms with Gasteiger partial charge in [-0.2, -0.15) is 0 Å². The van der Waals surface area contributed by atoms with Gasteiger partial charge in [0.25, 0.3) is 0 Å². The number of ether oxygens (including phenoxy) is 1. The van der Waals surface area contributed by atoms with Gasteiger partial charge in [-0.25, -0.2) is 0 Å². The standard InChI is InChI=1S/C12H20N2O3/c15-11(13-5-3-1-2-4-6-13)12(16)14-7-9-17-10-8-14/h1-10H2. The molecule has 2 heterocycles. The maximum absolute atomic E-state index is 12.0. The van der Waals surface area contributed by atoms with Gasteiger partial charge in [0.05, 0.1) is 13.2 Å². The van der Waals surface area contributed by atoms with Crippen LogP contribution in [0.15, 0.2) is 0 Å². The van der Waals surface area contributed by atoms with Crippen molar-refractivity contribution >= 4 is 11.8 Å². The second-order valence-electron chi connectivity index (χ2n) is 4.61. The van der Waals surface area contributed by atoms with Crippen LogP contribution in [0.3, 0.4) is 0 Å². The van der Waals surface area contributed by atoms with Gasteiger partial charge in [-0.15, -0.1) is 0 Å². The molecule has 0 bridgehead atoms. The summed E-state index contributed by atoms with van der Waals surface area (Å²) >= 11 is 0. The first kappa shape index (κ1) is 12.4. The van der Waals surface area contributed by atoms with Gasteiger partial charge in [0.1, 0.15) is 0 Å². The van der Waals surface area contributed by atoms with E-state index in [1.165, 1.54) is 0 Å². The average molecular weight is 240 g/mol. The summed E-state index contributed by atoms with van der Waals surface area (Å²) in [4.78, 5) is 27.4. The summed E-state index contributed by atoms with van der Waals surface area (Å²) in [6.45, 7) is 3.62.